The Morgan fingerprint density at radius 3 is 2.90 bits per heavy atom. The van der Waals surface area contributed by atoms with Crippen LogP contribution in [-0.4, -0.2) is 18.2 Å². The smallest absolute Gasteiger partial charge is 0.219 e. The van der Waals surface area contributed by atoms with Crippen LogP contribution < -0.4 is 5.73 Å². The SMILES string of the molecule is C=C/C=N/C(C)CC(N)=O. The predicted molar refractivity (Wildman–Crippen MR) is 42.0 cm³/mol. The molecule has 0 saturated carbocycles. The van der Waals surface area contributed by atoms with Crippen LogP contribution in [0, 0.1) is 0 Å². The predicted octanol–water partition coefficient (Wildman–Crippen LogP) is 0.507. The van der Waals surface area contributed by atoms with Gasteiger partial charge in [-0.2, -0.15) is 0 Å². The molecule has 0 saturated heterocycles. The van der Waals surface area contributed by atoms with Gasteiger partial charge >= 0.3 is 0 Å². The second-order valence-corrected chi connectivity index (χ2v) is 2.05. The van der Waals surface area contributed by atoms with Crippen molar-refractivity contribution in [3.63, 3.8) is 0 Å². The van der Waals surface area contributed by atoms with Crippen LogP contribution in [0.25, 0.3) is 0 Å². The third kappa shape index (κ3) is 5.03. The van der Waals surface area contributed by atoms with E-state index in [-0.39, 0.29) is 11.9 Å². The first-order valence-electron chi connectivity index (χ1n) is 3.09. The Labute approximate surface area is 60.6 Å². The lowest BCUT2D eigenvalue weighted by molar-refractivity contribution is -0.118. The molecule has 0 heterocycles. The molecule has 3 nitrogen and oxygen atoms in total. The fraction of sp³-hybridized carbons (Fsp3) is 0.429. The summed E-state index contributed by atoms with van der Waals surface area (Å²) in [6.07, 6.45) is 3.43. The first-order valence-corrected chi connectivity index (χ1v) is 3.09. The fourth-order valence-corrected chi connectivity index (χ4v) is 0.552. The number of carbonyl (C=O) groups excluding carboxylic acids is 1. The van der Waals surface area contributed by atoms with E-state index in [1.807, 2.05) is 6.92 Å². The van der Waals surface area contributed by atoms with Crippen LogP contribution in [0.5, 0.6) is 0 Å². The molecule has 1 unspecified atom stereocenters. The van der Waals surface area contributed by atoms with Gasteiger partial charge < -0.3 is 5.73 Å². The molecule has 0 radical (unpaired) electrons. The van der Waals surface area contributed by atoms with E-state index in [4.69, 9.17) is 5.73 Å². The van der Waals surface area contributed by atoms with Crippen molar-refractivity contribution in [3.8, 4) is 0 Å². The summed E-state index contributed by atoms with van der Waals surface area (Å²) in [4.78, 5) is 14.2. The highest BCUT2D eigenvalue weighted by atomic mass is 16.1. The molecule has 0 aliphatic carbocycles. The summed E-state index contributed by atoms with van der Waals surface area (Å²) >= 11 is 0. The lowest BCUT2D eigenvalue weighted by Gasteiger charge is -1.99. The molecule has 0 aromatic heterocycles. The molecule has 56 valence electrons. The summed E-state index contributed by atoms with van der Waals surface area (Å²) in [5.74, 6) is -0.325. The number of allylic oxidation sites excluding steroid dienone is 1. The van der Waals surface area contributed by atoms with E-state index in [1.54, 1.807) is 12.3 Å². The zero-order chi connectivity index (χ0) is 7.98. The second kappa shape index (κ2) is 4.73. The van der Waals surface area contributed by atoms with Crippen molar-refractivity contribution in [3.05, 3.63) is 12.7 Å². The van der Waals surface area contributed by atoms with Gasteiger partial charge in [-0.1, -0.05) is 12.7 Å². The number of aliphatic imine (C=N–C) groups is 1. The molecule has 0 fully saturated rings. The van der Waals surface area contributed by atoms with Crippen molar-refractivity contribution in [1.82, 2.24) is 0 Å². The molecule has 0 bridgehead atoms. The molecule has 10 heavy (non-hydrogen) atoms. The van der Waals surface area contributed by atoms with Gasteiger partial charge in [0.15, 0.2) is 0 Å². The molecule has 3 heteroatoms. The van der Waals surface area contributed by atoms with Gasteiger partial charge in [-0.15, -0.1) is 0 Å². The van der Waals surface area contributed by atoms with Crippen molar-refractivity contribution in [2.75, 3.05) is 0 Å². The van der Waals surface area contributed by atoms with E-state index in [0.29, 0.717) is 6.42 Å². The quantitative estimate of drug-likeness (QED) is 0.568. The topological polar surface area (TPSA) is 55.4 Å². The molecular weight excluding hydrogens is 128 g/mol. The van der Waals surface area contributed by atoms with Gasteiger partial charge in [0.25, 0.3) is 0 Å². The summed E-state index contributed by atoms with van der Waals surface area (Å²) in [6, 6.07) is -0.0319. The monoisotopic (exact) mass is 140 g/mol. The molecule has 0 spiro atoms. The van der Waals surface area contributed by atoms with Gasteiger partial charge in [0.1, 0.15) is 0 Å². The van der Waals surface area contributed by atoms with Crippen LogP contribution in [-0.2, 0) is 4.79 Å². The number of hydrogen-bond acceptors (Lipinski definition) is 2. The van der Waals surface area contributed by atoms with Gasteiger partial charge in [0, 0.05) is 12.6 Å². The van der Waals surface area contributed by atoms with Crippen LogP contribution in [0.4, 0.5) is 0 Å². The molecule has 0 aliphatic heterocycles. The molecular formula is C7H12N2O. The van der Waals surface area contributed by atoms with E-state index in [0.717, 1.165) is 0 Å². The standard InChI is InChI=1S/C7H12N2O/c1-3-4-9-6(2)5-7(8)10/h3-4,6H,1,5H2,2H3,(H2,8,10)/b9-4+. The maximum Gasteiger partial charge on any atom is 0.219 e. The highest BCUT2D eigenvalue weighted by Gasteiger charge is 2.00. The molecule has 0 aromatic rings. The molecule has 0 aromatic carbocycles. The number of nitrogens with zero attached hydrogens (tertiary/aromatic N) is 1. The minimum atomic E-state index is -0.325. The summed E-state index contributed by atoms with van der Waals surface area (Å²) in [5.41, 5.74) is 4.93. The van der Waals surface area contributed by atoms with Crippen LogP contribution in [0.1, 0.15) is 13.3 Å². The minimum Gasteiger partial charge on any atom is -0.370 e. The third-order valence-corrected chi connectivity index (χ3v) is 0.943. The Bertz CT molecular complexity index is 152. The number of rotatable bonds is 4. The Balaban J connectivity index is 3.62. The highest BCUT2D eigenvalue weighted by molar-refractivity contribution is 5.75. The summed E-state index contributed by atoms with van der Waals surface area (Å²) < 4.78 is 0. The average molecular weight is 140 g/mol. The van der Waals surface area contributed by atoms with Crippen molar-refractivity contribution < 1.29 is 4.79 Å². The number of carbonyl (C=O) groups is 1. The number of hydrogen-bond donors (Lipinski definition) is 1. The van der Waals surface area contributed by atoms with E-state index in [9.17, 15) is 4.79 Å². The Morgan fingerprint density at radius 1 is 1.90 bits per heavy atom. The van der Waals surface area contributed by atoms with Crippen LogP contribution in [0.15, 0.2) is 17.6 Å². The van der Waals surface area contributed by atoms with E-state index in [2.05, 4.69) is 11.6 Å². The Hall–Kier alpha value is -1.12. The van der Waals surface area contributed by atoms with Gasteiger partial charge in [0.05, 0.1) is 6.04 Å². The van der Waals surface area contributed by atoms with Gasteiger partial charge in [-0.3, -0.25) is 9.79 Å². The first-order chi connectivity index (χ1) is 4.66. The largest absolute Gasteiger partial charge is 0.370 e. The van der Waals surface area contributed by atoms with Crippen molar-refractivity contribution in [2.45, 2.75) is 19.4 Å². The van der Waals surface area contributed by atoms with Crippen LogP contribution >= 0.6 is 0 Å². The molecule has 0 rings (SSSR count). The molecule has 2 N–H and O–H groups in total. The zero-order valence-corrected chi connectivity index (χ0v) is 6.08. The van der Waals surface area contributed by atoms with Gasteiger partial charge in [-0.05, 0) is 6.92 Å². The van der Waals surface area contributed by atoms with E-state index >= 15 is 0 Å². The Kier molecular flexibility index (Phi) is 4.20. The van der Waals surface area contributed by atoms with Crippen molar-refractivity contribution in [2.24, 2.45) is 10.7 Å². The van der Waals surface area contributed by atoms with E-state index in [1.165, 1.54) is 0 Å². The maximum atomic E-state index is 10.3. The average Bonchev–Trinajstić information content (AvgIpc) is 1.82. The van der Waals surface area contributed by atoms with Gasteiger partial charge in [0.2, 0.25) is 5.91 Å². The molecule has 1 atom stereocenters. The normalized spacial score (nSPS) is 13.3. The summed E-state index contributed by atoms with van der Waals surface area (Å²) in [6.45, 7) is 5.27. The lowest BCUT2D eigenvalue weighted by atomic mass is 10.2. The molecule has 0 aliphatic rings. The number of nitrogens with two attached hydrogens (primary N) is 1. The third-order valence-electron chi connectivity index (χ3n) is 0.943. The van der Waals surface area contributed by atoms with Crippen LogP contribution in [0.3, 0.4) is 0 Å². The van der Waals surface area contributed by atoms with Crippen molar-refractivity contribution >= 4 is 12.1 Å². The minimum absolute atomic E-state index is 0.0319. The first kappa shape index (κ1) is 8.88. The second-order valence-electron chi connectivity index (χ2n) is 2.05. The summed E-state index contributed by atoms with van der Waals surface area (Å²) in [7, 11) is 0. The summed E-state index contributed by atoms with van der Waals surface area (Å²) in [5, 5.41) is 0. The molecule has 1 amide bonds. The zero-order valence-electron chi connectivity index (χ0n) is 6.08. The van der Waals surface area contributed by atoms with Crippen molar-refractivity contribution in [1.29, 1.82) is 0 Å². The fourth-order valence-electron chi connectivity index (χ4n) is 0.552. The number of amides is 1. The number of primary amides is 1. The highest BCUT2D eigenvalue weighted by Crippen LogP contribution is 1.93. The van der Waals surface area contributed by atoms with Crippen LogP contribution in [0.2, 0.25) is 0 Å². The lowest BCUT2D eigenvalue weighted by Crippen LogP contribution is -2.16. The van der Waals surface area contributed by atoms with E-state index < -0.39 is 0 Å². The van der Waals surface area contributed by atoms with Gasteiger partial charge in [-0.25, -0.2) is 0 Å². The maximum absolute atomic E-state index is 10.3. The Morgan fingerprint density at radius 2 is 2.50 bits per heavy atom.